The number of nitrogens with one attached hydrogen (secondary N) is 1. The van der Waals surface area contributed by atoms with E-state index in [4.69, 9.17) is 4.74 Å². The second-order valence-corrected chi connectivity index (χ2v) is 6.29. The van der Waals surface area contributed by atoms with Crippen LogP contribution in [0.5, 0.6) is 5.75 Å². The summed E-state index contributed by atoms with van der Waals surface area (Å²) in [6.07, 6.45) is 7.89. The molecule has 0 heterocycles. The molecule has 1 amide bonds. The lowest BCUT2D eigenvalue weighted by Crippen LogP contribution is -2.16. The molecule has 0 unspecified atom stereocenters. The molecule has 1 aromatic carbocycles. The lowest BCUT2D eigenvalue weighted by molar-refractivity contribution is -0.116. The van der Waals surface area contributed by atoms with Crippen molar-refractivity contribution in [3.05, 3.63) is 23.8 Å². The van der Waals surface area contributed by atoms with E-state index in [1.54, 1.807) is 18.2 Å². The molecule has 0 aliphatic heterocycles. The fourth-order valence-corrected chi connectivity index (χ4v) is 3.15. The summed E-state index contributed by atoms with van der Waals surface area (Å²) < 4.78 is 5.54. The van der Waals surface area contributed by atoms with Crippen LogP contribution in [0.25, 0.3) is 0 Å². The van der Waals surface area contributed by atoms with Crippen molar-refractivity contribution in [1.82, 2.24) is 0 Å². The van der Waals surface area contributed by atoms with Crippen LogP contribution in [0.3, 0.4) is 0 Å². The summed E-state index contributed by atoms with van der Waals surface area (Å²) in [5.74, 6) is 1.27. The molecule has 1 fully saturated rings. The van der Waals surface area contributed by atoms with Crippen LogP contribution in [-0.4, -0.2) is 18.3 Å². The molecule has 2 rings (SSSR count). The van der Waals surface area contributed by atoms with Gasteiger partial charge in [0.25, 0.3) is 0 Å². The number of hydrogen-bond acceptors (Lipinski definition) is 3. The van der Waals surface area contributed by atoms with Crippen LogP contribution in [0.2, 0.25) is 0 Å². The third kappa shape index (κ3) is 5.38. The molecule has 0 saturated heterocycles. The minimum atomic E-state index is -0.0225. The van der Waals surface area contributed by atoms with Gasteiger partial charge in [0.15, 0.2) is 5.78 Å². The Labute approximate surface area is 138 Å². The Morgan fingerprint density at radius 2 is 1.96 bits per heavy atom. The molecule has 0 radical (unpaired) electrons. The van der Waals surface area contributed by atoms with E-state index in [-0.39, 0.29) is 11.7 Å². The first kappa shape index (κ1) is 17.5. The van der Waals surface area contributed by atoms with Crippen molar-refractivity contribution >= 4 is 17.4 Å². The third-order valence-electron chi connectivity index (χ3n) is 4.46. The van der Waals surface area contributed by atoms with Crippen LogP contribution in [-0.2, 0) is 4.79 Å². The highest BCUT2D eigenvalue weighted by Gasteiger charge is 2.16. The van der Waals surface area contributed by atoms with Gasteiger partial charge in [0, 0.05) is 12.0 Å². The van der Waals surface area contributed by atoms with Gasteiger partial charge in [0.2, 0.25) is 5.91 Å². The molecule has 1 N–H and O–H groups in total. The zero-order valence-corrected chi connectivity index (χ0v) is 14.2. The molecule has 23 heavy (non-hydrogen) atoms. The van der Waals surface area contributed by atoms with Crippen molar-refractivity contribution in [2.75, 3.05) is 11.9 Å². The average Bonchev–Trinajstić information content (AvgIpc) is 2.55. The Morgan fingerprint density at radius 1 is 1.22 bits per heavy atom. The van der Waals surface area contributed by atoms with E-state index in [1.165, 1.54) is 39.0 Å². The lowest BCUT2D eigenvalue weighted by Gasteiger charge is -2.21. The van der Waals surface area contributed by atoms with Gasteiger partial charge < -0.3 is 10.1 Å². The van der Waals surface area contributed by atoms with Gasteiger partial charge in [-0.1, -0.05) is 32.1 Å². The number of carbonyl (C=O) groups is 2. The second-order valence-electron chi connectivity index (χ2n) is 6.29. The Balaban J connectivity index is 1.97. The number of hydrogen-bond donors (Lipinski definition) is 1. The van der Waals surface area contributed by atoms with Crippen molar-refractivity contribution in [1.29, 1.82) is 0 Å². The number of Topliss-reactive ketones (excluding diaryl/α,β-unsaturated/α-hetero) is 1. The Kier molecular flexibility index (Phi) is 6.63. The van der Waals surface area contributed by atoms with Gasteiger partial charge in [-0.05, 0) is 44.4 Å². The summed E-state index contributed by atoms with van der Waals surface area (Å²) in [6, 6.07) is 5.17. The molecule has 1 aromatic rings. The van der Waals surface area contributed by atoms with Crippen molar-refractivity contribution in [2.45, 2.75) is 58.8 Å². The van der Waals surface area contributed by atoms with Gasteiger partial charge in [0.05, 0.1) is 12.3 Å². The van der Waals surface area contributed by atoms with Gasteiger partial charge in [-0.2, -0.15) is 0 Å². The summed E-state index contributed by atoms with van der Waals surface area (Å²) in [5.41, 5.74) is 1.17. The van der Waals surface area contributed by atoms with Crippen molar-refractivity contribution in [3.63, 3.8) is 0 Å². The SMILES string of the molecule is CCOc1ccc(C(C)=O)cc1NC(=O)CCC1CCCCC1. The predicted molar refractivity (Wildman–Crippen MR) is 92.1 cm³/mol. The molecule has 4 nitrogen and oxygen atoms in total. The smallest absolute Gasteiger partial charge is 0.224 e. The standard InChI is InChI=1S/C19H27NO3/c1-3-23-18-11-10-16(14(2)21)13-17(18)20-19(22)12-9-15-7-5-4-6-8-15/h10-11,13,15H,3-9,12H2,1-2H3,(H,20,22). The molecule has 4 heteroatoms. The van der Waals surface area contributed by atoms with Gasteiger partial charge >= 0.3 is 0 Å². The molecule has 0 bridgehead atoms. The molecular formula is C19H27NO3. The molecule has 0 atom stereocenters. The Bertz CT molecular complexity index is 548. The number of benzene rings is 1. The van der Waals surface area contributed by atoms with Crippen LogP contribution < -0.4 is 10.1 Å². The number of ketones is 1. The normalized spacial score (nSPS) is 15.2. The van der Waals surface area contributed by atoms with Crippen LogP contribution >= 0.6 is 0 Å². The van der Waals surface area contributed by atoms with Crippen LogP contribution in [0.15, 0.2) is 18.2 Å². The van der Waals surface area contributed by atoms with Crippen molar-refractivity contribution in [2.24, 2.45) is 5.92 Å². The van der Waals surface area contributed by atoms with Gasteiger partial charge in [-0.3, -0.25) is 9.59 Å². The topological polar surface area (TPSA) is 55.4 Å². The first-order valence-electron chi connectivity index (χ1n) is 8.67. The largest absolute Gasteiger partial charge is 0.492 e. The van der Waals surface area contributed by atoms with Crippen LogP contribution in [0.1, 0.15) is 69.2 Å². The molecule has 1 aliphatic carbocycles. The molecule has 1 aliphatic rings. The Morgan fingerprint density at radius 3 is 2.61 bits per heavy atom. The number of amides is 1. The summed E-state index contributed by atoms with van der Waals surface area (Å²) >= 11 is 0. The molecule has 126 valence electrons. The third-order valence-corrected chi connectivity index (χ3v) is 4.46. The van der Waals surface area contributed by atoms with Crippen molar-refractivity contribution < 1.29 is 14.3 Å². The average molecular weight is 317 g/mol. The second kappa shape index (κ2) is 8.70. The molecule has 0 aromatic heterocycles. The quantitative estimate of drug-likeness (QED) is 0.748. The fraction of sp³-hybridized carbons (Fsp3) is 0.579. The van der Waals surface area contributed by atoms with E-state index in [0.717, 1.165) is 6.42 Å². The number of rotatable bonds is 7. The predicted octanol–water partition coefficient (Wildman–Crippen LogP) is 4.59. The minimum absolute atomic E-state index is 0.00257. The summed E-state index contributed by atoms with van der Waals surface area (Å²) in [5, 5.41) is 2.91. The molecule has 1 saturated carbocycles. The van der Waals surface area contributed by atoms with Gasteiger partial charge in [-0.25, -0.2) is 0 Å². The maximum Gasteiger partial charge on any atom is 0.224 e. The van der Waals surface area contributed by atoms with E-state index >= 15 is 0 Å². The summed E-state index contributed by atoms with van der Waals surface area (Å²) in [4.78, 5) is 23.8. The highest BCUT2D eigenvalue weighted by Crippen LogP contribution is 2.29. The van der Waals surface area contributed by atoms with E-state index < -0.39 is 0 Å². The summed E-state index contributed by atoms with van der Waals surface area (Å²) in [6.45, 7) is 3.93. The molecule has 0 spiro atoms. The van der Waals surface area contributed by atoms with E-state index in [9.17, 15) is 9.59 Å². The maximum atomic E-state index is 12.2. The van der Waals surface area contributed by atoms with E-state index in [0.29, 0.717) is 35.9 Å². The van der Waals surface area contributed by atoms with Gasteiger partial charge in [-0.15, -0.1) is 0 Å². The lowest BCUT2D eigenvalue weighted by atomic mass is 9.86. The molecular weight excluding hydrogens is 290 g/mol. The number of anilines is 1. The number of ether oxygens (including phenoxy) is 1. The highest BCUT2D eigenvalue weighted by molar-refractivity contribution is 5.98. The van der Waals surface area contributed by atoms with E-state index in [2.05, 4.69) is 5.32 Å². The summed E-state index contributed by atoms with van der Waals surface area (Å²) in [7, 11) is 0. The number of carbonyl (C=O) groups excluding carboxylic acids is 2. The Hall–Kier alpha value is -1.84. The first-order chi connectivity index (χ1) is 11.1. The fourth-order valence-electron chi connectivity index (χ4n) is 3.15. The zero-order valence-electron chi connectivity index (χ0n) is 14.2. The minimum Gasteiger partial charge on any atom is -0.492 e. The maximum absolute atomic E-state index is 12.2. The van der Waals surface area contributed by atoms with Crippen LogP contribution in [0, 0.1) is 5.92 Å². The highest BCUT2D eigenvalue weighted by atomic mass is 16.5. The zero-order chi connectivity index (χ0) is 16.7. The van der Waals surface area contributed by atoms with Crippen LogP contribution in [0.4, 0.5) is 5.69 Å². The van der Waals surface area contributed by atoms with Gasteiger partial charge in [0.1, 0.15) is 5.75 Å². The monoisotopic (exact) mass is 317 g/mol. The van der Waals surface area contributed by atoms with Crippen molar-refractivity contribution in [3.8, 4) is 5.75 Å². The first-order valence-corrected chi connectivity index (χ1v) is 8.67. The van der Waals surface area contributed by atoms with E-state index in [1.807, 2.05) is 6.92 Å².